The van der Waals surface area contributed by atoms with Crippen LogP contribution in [0.1, 0.15) is 43.9 Å². The Labute approximate surface area is 146 Å². The molecule has 3 rings (SSSR count). The molecule has 134 valence electrons. The zero-order valence-corrected chi connectivity index (χ0v) is 15.2. The molecule has 2 N–H and O–H groups in total. The molecule has 2 aliphatic heterocycles. The van der Waals surface area contributed by atoms with Crippen molar-refractivity contribution in [3.8, 4) is 0 Å². The summed E-state index contributed by atoms with van der Waals surface area (Å²) >= 11 is 0. The minimum Gasteiger partial charge on any atom is -0.393 e. The Morgan fingerprint density at radius 3 is 2.50 bits per heavy atom. The number of hydrogen-bond acceptors (Lipinski definition) is 4. The predicted molar refractivity (Wildman–Crippen MR) is 99.3 cm³/mol. The smallest absolute Gasteiger partial charge is 0.0564 e. The van der Waals surface area contributed by atoms with E-state index in [4.69, 9.17) is 0 Å². The highest BCUT2D eigenvalue weighted by Crippen LogP contribution is 2.27. The third-order valence-electron chi connectivity index (χ3n) is 5.71. The molecule has 0 saturated carbocycles. The first-order valence-corrected chi connectivity index (χ1v) is 9.63. The van der Waals surface area contributed by atoms with Crippen molar-refractivity contribution in [3.05, 3.63) is 35.4 Å². The lowest BCUT2D eigenvalue weighted by atomic mass is 9.98. The summed E-state index contributed by atoms with van der Waals surface area (Å²) in [5.74, 6) is 0. The van der Waals surface area contributed by atoms with E-state index in [9.17, 15) is 5.11 Å². The molecule has 2 aliphatic rings. The molecular weight excluding hydrogens is 298 g/mol. The summed E-state index contributed by atoms with van der Waals surface area (Å²) < 4.78 is 0. The molecule has 1 aromatic rings. The van der Waals surface area contributed by atoms with E-state index in [1.165, 1.54) is 11.1 Å². The minimum absolute atomic E-state index is 0.0957. The van der Waals surface area contributed by atoms with Crippen molar-refractivity contribution in [1.29, 1.82) is 0 Å². The van der Waals surface area contributed by atoms with Crippen molar-refractivity contribution in [3.63, 3.8) is 0 Å². The molecule has 0 aromatic heterocycles. The number of rotatable bonds is 5. The SMILES string of the molecule is CCc1ccc(C(CN2CCC(O)CC2)N2CCNCC2C)cc1. The number of benzene rings is 1. The van der Waals surface area contributed by atoms with Crippen LogP contribution in [0.5, 0.6) is 0 Å². The molecule has 4 heteroatoms. The molecule has 4 nitrogen and oxygen atoms in total. The maximum absolute atomic E-state index is 9.78. The topological polar surface area (TPSA) is 38.7 Å². The van der Waals surface area contributed by atoms with E-state index in [0.717, 1.165) is 58.5 Å². The van der Waals surface area contributed by atoms with Crippen LogP contribution in [0.25, 0.3) is 0 Å². The van der Waals surface area contributed by atoms with Crippen LogP contribution in [0.2, 0.25) is 0 Å². The van der Waals surface area contributed by atoms with Crippen molar-refractivity contribution in [1.82, 2.24) is 15.1 Å². The predicted octanol–water partition coefficient (Wildman–Crippen LogP) is 2.04. The molecule has 24 heavy (non-hydrogen) atoms. The third kappa shape index (κ3) is 4.37. The van der Waals surface area contributed by atoms with Gasteiger partial charge in [-0.2, -0.15) is 0 Å². The van der Waals surface area contributed by atoms with Gasteiger partial charge in [-0.3, -0.25) is 4.90 Å². The Kier molecular flexibility index (Phi) is 6.28. The molecular formula is C20H33N3O. The Balaban J connectivity index is 1.76. The van der Waals surface area contributed by atoms with Crippen LogP contribution in [-0.2, 0) is 6.42 Å². The van der Waals surface area contributed by atoms with Gasteiger partial charge in [-0.1, -0.05) is 31.2 Å². The van der Waals surface area contributed by atoms with Crippen molar-refractivity contribution in [2.45, 2.75) is 51.3 Å². The number of piperazine rings is 1. The average molecular weight is 332 g/mol. The van der Waals surface area contributed by atoms with Gasteiger partial charge < -0.3 is 15.3 Å². The summed E-state index contributed by atoms with van der Waals surface area (Å²) in [6.45, 7) is 10.9. The first kappa shape index (κ1) is 17.9. The van der Waals surface area contributed by atoms with Crippen molar-refractivity contribution < 1.29 is 5.11 Å². The lowest BCUT2D eigenvalue weighted by Crippen LogP contribution is -2.53. The number of nitrogens with one attached hydrogen (secondary N) is 1. The second-order valence-corrected chi connectivity index (χ2v) is 7.43. The first-order chi connectivity index (χ1) is 11.7. The molecule has 2 unspecified atom stereocenters. The largest absolute Gasteiger partial charge is 0.393 e. The number of piperidine rings is 1. The van der Waals surface area contributed by atoms with Crippen molar-refractivity contribution in [2.24, 2.45) is 0 Å². The van der Waals surface area contributed by atoms with E-state index in [1.807, 2.05) is 0 Å². The highest BCUT2D eigenvalue weighted by molar-refractivity contribution is 5.26. The van der Waals surface area contributed by atoms with Crippen LogP contribution >= 0.6 is 0 Å². The molecule has 0 bridgehead atoms. The standard InChI is InChI=1S/C20H33N3O/c1-3-17-4-6-18(7-5-17)20(23-13-10-21-14-16(23)2)15-22-11-8-19(24)9-12-22/h4-7,16,19-21,24H,3,8-15H2,1-2H3. The van der Waals surface area contributed by atoms with E-state index in [0.29, 0.717) is 12.1 Å². The van der Waals surface area contributed by atoms with Crippen molar-refractivity contribution >= 4 is 0 Å². The van der Waals surface area contributed by atoms with Gasteiger partial charge in [-0.25, -0.2) is 0 Å². The Morgan fingerprint density at radius 2 is 1.88 bits per heavy atom. The van der Waals surface area contributed by atoms with Gasteiger partial charge in [0.05, 0.1) is 6.10 Å². The van der Waals surface area contributed by atoms with Gasteiger partial charge in [-0.05, 0) is 37.3 Å². The lowest BCUT2D eigenvalue weighted by molar-refractivity contribution is 0.0460. The third-order valence-corrected chi connectivity index (χ3v) is 5.71. The normalized spacial score (nSPS) is 25.7. The Hall–Kier alpha value is -0.940. The lowest BCUT2D eigenvalue weighted by Gasteiger charge is -2.43. The van der Waals surface area contributed by atoms with E-state index < -0.39 is 0 Å². The van der Waals surface area contributed by atoms with Gasteiger partial charge in [-0.15, -0.1) is 0 Å². The molecule has 2 fully saturated rings. The number of hydrogen-bond donors (Lipinski definition) is 2. The van der Waals surface area contributed by atoms with Gasteiger partial charge in [0.15, 0.2) is 0 Å². The Bertz CT molecular complexity index is 496. The molecule has 2 saturated heterocycles. The highest BCUT2D eigenvalue weighted by atomic mass is 16.3. The monoisotopic (exact) mass is 331 g/mol. The first-order valence-electron chi connectivity index (χ1n) is 9.63. The molecule has 0 radical (unpaired) electrons. The van der Waals surface area contributed by atoms with Crippen LogP contribution in [0.4, 0.5) is 0 Å². The van der Waals surface area contributed by atoms with E-state index in [1.54, 1.807) is 0 Å². The van der Waals surface area contributed by atoms with Gasteiger partial charge >= 0.3 is 0 Å². The maximum Gasteiger partial charge on any atom is 0.0564 e. The van der Waals surface area contributed by atoms with Crippen LogP contribution in [0, 0.1) is 0 Å². The molecule has 2 atom stereocenters. The van der Waals surface area contributed by atoms with Crippen LogP contribution in [0.15, 0.2) is 24.3 Å². The maximum atomic E-state index is 9.78. The Morgan fingerprint density at radius 1 is 1.17 bits per heavy atom. The second-order valence-electron chi connectivity index (χ2n) is 7.43. The number of aliphatic hydroxyl groups excluding tert-OH is 1. The van der Waals surface area contributed by atoms with Crippen LogP contribution < -0.4 is 5.32 Å². The minimum atomic E-state index is -0.0957. The fourth-order valence-corrected chi connectivity index (χ4v) is 4.04. The van der Waals surface area contributed by atoms with Gasteiger partial charge in [0.25, 0.3) is 0 Å². The van der Waals surface area contributed by atoms with Gasteiger partial charge in [0.1, 0.15) is 0 Å². The zero-order chi connectivity index (χ0) is 16.9. The number of likely N-dealkylation sites (tertiary alicyclic amines) is 1. The summed E-state index contributed by atoms with van der Waals surface area (Å²) in [7, 11) is 0. The van der Waals surface area contributed by atoms with E-state index in [-0.39, 0.29) is 6.10 Å². The molecule has 0 aliphatic carbocycles. The fraction of sp³-hybridized carbons (Fsp3) is 0.700. The molecule has 1 aromatic carbocycles. The quantitative estimate of drug-likeness (QED) is 0.866. The van der Waals surface area contributed by atoms with Gasteiger partial charge in [0.2, 0.25) is 0 Å². The number of aryl methyl sites for hydroxylation is 1. The highest BCUT2D eigenvalue weighted by Gasteiger charge is 2.29. The van der Waals surface area contributed by atoms with E-state index in [2.05, 4.69) is 53.2 Å². The number of nitrogens with zero attached hydrogens (tertiary/aromatic N) is 2. The average Bonchev–Trinajstić information content (AvgIpc) is 2.62. The summed E-state index contributed by atoms with van der Waals surface area (Å²) in [6, 6.07) is 10.2. The van der Waals surface area contributed by atoms with Crippen LogP contribution in [0.3, 0.4) is 0 Å². The number of aliphatic hydroxyl groups is 1. The van der Waals surface area contributed by atoms with E-state index >= 15 is 0 Å². The molecule has 0 amide bonds. The van der Waals surface area contributed by atoms with Crippen molar-refractivity contribution in [2.75, 3.05) is 39.3 Å². The second kappa shape index (κ2) is 8.43. The summed E-state index contributed by atoms with van der Waals surface area (Å²) in [6.07, 6.45) is 2.83. The fourth-order valence-electron chi connectivity index (χ4n) is 4.04. The summed E-state index contributed by atoms with van der Waals surface area (Å²) in [5.41, 5.74) is 2.85. The van der Waals surface area contributed by atoms with Gasteiger partial charge in [0, 0.05) is 51.4 Å². The van der Waals surface area contributed by atoms with Crippen LogP contribution in [-0.4, -0.2) is 66.3 Å². The molecule has 0 spiro atoms. The molecule has 2 heterocycles. The zero-order valence-electron chi connectivity index (χ0n) is 15.2. The summed E-state index contributed by atoms with van der Waals surface area (Å²) in [5, 5.41) is 13.3. The summed E-state index contributed by atoms with van der Waals surface area (Å²) in [4.78, 5) is 5.21.